The molecule has 21 heavy (non-hydrogen) atoms. The van der Waals surface area contributed by atoms with Crippen molar-refractivity contribution in [2.24, 2.45) is 0 Å². The summed E-state index contributed by atoms with van der Waals surface area (Å²) >= 11 is 0. The normalized spacial score (nSPS) is 10.5. The van der Waals surface area contributed by atoms with Gasteiger partial charge in [-0.1, -0.05) is 40.6 Å². The third-order valence-corrected chi connectivity index (χ3v) is 2.80. The Morgan fingerprint density at radius 3 is 2.67 bits per heavy atom. The fourth-order valence-electron chi connectivity index (χ4n) is 1.79. The minimum absolute atomic E-state index is 0.00884. The molecule has 0 saturated heterocycles. The van der Waals surface area contributed by atoms with Crippen LogP contribution >= 0.6 is 0 Å². The second-order valence-corrected chi connectivity index (χ2v) is 4.46. The lowest BCUT2D eigenvalue weighted by Gasteiger charge is -1.97. The van der Waals surface area contributed by atoms with Crippen LogP contribution in [0.4, 0.5) is 0 Å². The van der Waals surface area contributed by atoms with Gasteiger partial charge in [-0.15, -0.1) is 0 Å². The van der Waals surface area contributed by atoms with Crippen LogP contribution < -0.4 is 0 Å². The molecule has 0 amide bonds. The molecule has 2 heterocycles. The second kappa shape index (κ2) is 5.62. The lowest BCUT2D eigenvalue weighted by atomic mass is 10.2. The minimum atomic E-state index is -0.583. The molecule has 0 aliphatic carbocycles. The van der Waals surface area contributed by atoms with Crippen molar-refractivity contribution in [3.63, 3.8) is 0 Å². The number of hydrogen-bond donors (Lipinski definition) is 0. The Hall–Kier alpha value is -2.89. The van der Waals surface area contributed by atoms with Gasteiger partial charge in [0.15, 0.2) is 5.76 Å². The van der Waals surface area contributed by atoms with E-state index in [1.54, 1.807) is 13.0 Å². The number of carbonyl (C=O) groups excluding carboxylic acids is 1. The van der Waals surface area contributed by atoms with Gasteiger partial charge < -0.3 is 13.8 Å². The van der Waals surface area contributed by atoms with Gasteiger partial charge in [0.1, 0.15) is 12.3 Å². The summed E-state index contributed by atoms with van der Waals surface area (Å²) in [6, 6.07) is 12.8. The molecule has 0 bridgehead atoms. The van der Waals surface area contributed by atoms with Crippen molar-refractivity contribution in [1.29, 1.82) is 0 Å². The zero-order chi connectivity index (χ0) is 14.7. The fraction of sp³-hybridized carbons (Fsp3) is 0.133. The zero-order valence-corrected chi connectivity index (χ0v) is 11.3. The van der Waals surface area contributed by atoms with E-state index in [0.29, 0.717) is 17.1 Å². The van der Waals surface area contributed by atoms with E-state index in [1.807, 2.05) is 30.3 Å². The Morgan fingerprint density at radius 1 is 1.14 bits per heavy atom. The molecule has 0 radical (unpaired) electrons. The van der Waals surface area contributed by atoms with E-state index in [-0.39, 0.29) is 12.4 Å². The van der Waals surface area contributed by atoms with Crippen LogP contribution in [0.15, 0.2) is 51.5 Å². The number of aromatic nitrogens is 2. The Kier molecular flexibility index (Phi) is 3.51. The van der Waals surface area contributed by atoms with Crippen molar-refractivity contribution in [2.75, 3.05) is 0 Å². The molecule has 6 nitrogen and oxygen atoms in total. The van der Waals surface area contributed by atoms with Crippen LogP contribution in [0.1, 0.15) is 21.9 Å². The van der Waals surface area contributed by atoms with E-state index in [0.717, 1.165) is 5.56 Å². The van der Waals surface area contributed by atoms with Gasteiger partial charge in [0.25, 0.3) is 0 Å². The average molecular weight is 284 g/mol. The highest BCUT2D eigenvalue weighted by molar-refractivity contribution is 5.86. The molecule has 0 fully saturated rings. The van der Waals surface area contributed by atoms with Crippen molar-refractivity contribution in [3.05, 3.63) is 59.6 Å². The van der Waals surface area contributed by atoms with Crippen LogP contribution in [0.2, 0.25) is 0 Å². The minimum Gasteiger partial charge on any atom is -0.453 e. The molecule has 0 N–H and O–H groups in total. The molecule has 3 aromatic rings. The van der Waals surface area contributed by atoms with Crippen LogP contribution in [-0.4, -0.2) is 16.3 Å². The van der Waals surface area contributed by atoms with Gasteiger partial charge in [-0.2, -0.15) is 0 Å². The molecule has 6 heteroatoms. The van der Waals surface area contributed by atoms with Crippen molar-refractivity contribution in [3.8, 4) is 11.3 Å². The van der Waals surface area contributed by atoms with E-state index < -0.39 is 5.97 Å². The Balaban J connectivity index is 1.64. The first-order valence-corrected chi connectivity index (χ1v) is 6.34. The van der Waals surface area contributed by atoms with Gasteiger partial charge in [-0.25, -0.2) is 4.79 Å². The predicted octanol–water partition coefficient (Wildman–Crippen LogP) is 3.00. The van der Waals surface area contributed by atoms with Crippen LogP contribution in [0.3, 0.4) is 0 Å². The third kappa shape index (κ3) is 3.00. The zero-order valence-electron chi connectivity index (χ0n) is 11.3. The highest BCUT2D eigenvalue weighted by Crippen LogP contribution is 2.20. The van der Waals surface area contributed by atoms with Crippen molar-refractivity contribution >= 4 is 5.97 Å². The van der Waals surface area contributed by atoms with Crippen LogP contribution in [0.25, 0.3) is 11.3 Å². The lowest BCUT2D eigenvalue weighted by molar-refractivity contribution is 0.0417. The molecule has 0 unspecified atom stereocenters. The van der Waals surface area contributed by atoms with Crippen LogP contribution in [0, 0.1) is 6.92 Å². The highest BCUT2D eigenvalue weighted by atomic mass is 16.6. The molecule has 0 spiro atoms. The highest BCUT2D eigenvalue weighted by Gasteiger charge is 2.14. The smallest absolute Gasteiger partial charge is 0.377 e. The molecule has 106 valence electrons. The van der Waals surface area contributed by atoms with Crippen LogP contribution in [0.5, 0.6) is 0 Å². The molecule has 2 aromatic heterocycles. The Morgan fingerprint density at radius 2 is 1.95 bits per heavy atom. The predicted molar refractivity (Wildman–Crippen MR) is 72.3 cm³/mol. The fourth-order valence-corrected chi connectivity index (χ4v) is 1.79. The summed E-state index contributed by atoms with van der Waals surface area (Å²) in [4.78, 5) is 11.7. The number of aryl methyl sites for hydroxylation is 1. The third-order valence-electron chi connectivity index (χ3n) is 2.80. The van der Waals surface area contributed by atoms with E-state index in [1.165, 1.54) is 6.07 Å². The summed E-state index contributed by atoms with van der Waals surface area (Å²) in [6.07, 6.45) is 0. The molecule has 0 aliphatic heterocycles. The van der Waals surface area contributed by atoms with E-state index in [9.17, 15) is 4.79 Å². The largest absolute Gasteiger partial charge is 0.453 e. The summed E-state index contributed by atoms with van der Waals surface area (Å²) in [7, 11) is 0. The topological polar surface area (TPSA) is 78.4 Å². The van der Waals surface area contributed by atoms with Crippen molar-refractivity contribution < 1.29 is 18.6 Å². The van der Waals surface area contributed by atoms with Crippen molar-refractivity contribution in [2.45, 2.75) is 13.5 Å². The first-order valence-electron chi connectivity index (χ1n) is 6.34. The number of carbonyl (C=O) groups is 1. The Bertz CT molecular complexity index is 746. The quantitative estimate of drug-likeness (QED) is 0.685. The standard InChI is InChI=1S/C15H12N2O4/c1-10-7-14(21-16-10)15(18)19-9-12-8-13(20-17-12)11-5-3-2-4-6-11/h2-8H,9H2,1H3. The van der Waals surface area contributed by atoms with Gasteiger partial charge in [0.05, 0.1) is 5.69 Å². The van der Waals surface area contributed by atoms with Crippen molar-refractivity contribution in [1.82, 2.24) is 10.3 Å². The second-order valence-electron chi connectivity index (χ2n) is 4.46. The summed E-state index contributed by atoms with van der Waals surface area (Å²) in [5, 5.41) is 7.49. The van der Waals surface area contributed by atoms with E-state index >= 15 is 0 Å². The SMILES string of the molecule is Cc1cc(C(=O)OCc2cc(-c3ccccc3)on2)on1. The molecule has 0 aliphatic rings. The molecule has 0 saturated carbocycles. The van der Waals surface area contributed by atoms with Crippen LogP contribution in [-0.2, 0) is 11.3 Å². The van der Waals surface area contributed by atoms with Gasteiger partial charge in [0, 0.05) is 17.7 Å². The number of rotatable bonds is 4. The monoisotopic (exact) mass is 284 g/mol. The molecular formula is C15H12N2O4. The summed E-state index contributed by atoms with van der Waals surface area (Å²) < 4.78 is 15.1. The first kappa shape index (κ1) is 13.1. The summed E-state index contributed by atoms with van der Waals surface area (Å²) in [5.41, 5.74) is 2.06. The molecular weight excluding hydrogens is 272 g/mol. The number of esters is 1. The molecule has 0 atom stereocenters. The van der Waals surface area contributed by atoms with Gasteiger partial charge in [0.2, 0.25) is 5.76 Å². The number of benzene rings is 1. The van der Waals surface area contributed by atoms with Gasteiger partial charge >= 0.3 is 5.97 Å². The summed E-state index contributed by atoms with van der Waals surface area (Å²) in [5.74, 6) is 0.108. The van der Waals surface area contributed by atoms with Gasteiger partial charge in [-0.05, 0) is 6.92 Å². The first-order chi connectivity index (χ1) is 10.2. The molecule has 1 aromatic carbocycles. The maximum Gasteiger partial charge on any atom is 0.377 e. The number of nitrogens with zero attached hydrogens (tertiary/aromatic N) is 2. The van der Waals surface area contributed by atoms with Gasteiger partial charge in [-0.3, -0.25) is 0 Å². The van der Waals surface area contributed by atoms with E-state index in [4.69, 9.17) is 13.8 Å². The lowest BCUT2D eigenvalue weighted by Crippen LogP contribution is -2.04. The average Bonchev–Trinajstić information content (AvgIpc) is 3.15. The molecule has 3 rings (SSSR count). The summed E-state index contributed by atoms with van der Waals surface area (Å²) in [6.45, 7) is 1.74. The maximum atomic E-state index is 11.7. The Labute approximate surface area is 120 Å². The van der Waals surface area contributed by atoms with E-state index in [2.05, 4.69) is 10.3 Å². The number of ether oxygens (including phenoxy) is 1. The number of hydrogen-bond acceptors (Lipinski definition) is 6. The maximum absolute atomic E-state index is 11.7.